The van der Waals surface area contributed by atoms with Crippen molar-refractivity contribution < 1.29 is 18.3 Å². The Morgan fingerprint density at radius 1 is 1.18 bits per heavy atom. The Labute approximate surface area is 195 Å². The molecule has 0 saturated heterocycles. The summed E-state index contributed by atoms with van der Waals surface area (Å²) in [4.78, 5) is 15.8. The highest BCUT2D eigenvalue weighted by molar-refractivity contribution is 7.98. The van der Waals surface area contributed by atoms with Crippen molar-refractivity contribution in [1.82, 2.24) is 20.5 Å². The molecule has 2 aromatic heterocycles. The molecule has 7 nitrogen and oxygen atoms in total. The topological polar surface area (TPSA) is 93.0 Å². The normalized spacial score (nSPS) is 12.6. The molecule has 2 N–H and O–H groups in total. The molecule has 172 valence electrons. The van der Waals surface area contributed by atoms with E-state index in [2.05, 4.69) is 20.5 Å². The minimum atomic E-state index is -0.638. The van der Waals surface area contributed by atoms with Crippen molar-refractivity contribution in [3.05, 3.63) is 77.6 Å². The summed E-state index contributed by atoms with van der Waals surface area (Å²) in [5, 5.41) is 12.6. The summed E-state index contributed by atoms with van der Waals surface area (Å²) >= 11 is 1.34. The van der Waals surface area contributed by atoms with Crippen LogP contribution >= 0.6 is 11.8 Å². The molecule has 1 atom stereocenters. The lowest BCUT2D eigenvalue weighted by molar-refractivity contribution is 0.0494. The number of rotatable bonds is 7. The number of nitrogens with zero attached hydrogens (tertiary/aromatic N) is 2. The standard InChI is InChI=1S/C24H25FN4O3S/c1-24(2,3)32-22(30)27-20(12-16-13-26-19-7-5-4-6-18(16)19)21-28-29-23(31-21)33-14-15-8-10-17(25)11-9-15/h4-11,13,20,26H,12,14H2,1-3H3,(H,27,30)/t20-/m1/s1. The average Bonchev–Trinajstić information content (AvgIpc) is 3.39. The van der Waals surface area contributed by atoms with Gasteiger partial charge in [0.15, 0.2) is 0 Å². The summed E-state index contributed by atoms with van der Waals surface area (Å²) in [6, 6.07) is 13.6. The number of carbonyl (C=O) groups is 1. The van der Waals surface area contributed by atoms with Gasteiger partial charge < -0.3 is 19.5 Å². The third kappa shape index (κ3) is 6.13. The highest BCUT2D eigenvalue weighted by Crippen LogP contribution is 2.27. The number of amides is 1. The highest BCUT2D eigenvalue weighted by atomic mass is 32.2. The molecule has 9 heteroatoms. The number of thioether (sulfide) groups is 1. The molecule has 0 aliphatic heterocycles. The van der Waals surface area contributed by atoms with E-state index in [1.807, 2.05) is 30.5 Å². The van der Waals surface area contributed by atoms with Crippen LogP contribution in [0.5, 0.6) is 0 Å². The number of benzene rings is 2. The van der Waals surface area contributed by atoms with Crippen LogP contribution < -0.4 is 5.32 Å². The third-order valence-corrected chi connectivity index (χ3v) is 5.68. The van der Waals surface area contributed by atoms with Crippen LogP contribution in [-0.4, -0.2) is 26.9 Å². The predicted molar refractivity (Wildman–Crippen MR) is 124 cm³/mol. The fourth-order valence-corrected chi connectivity index (χ4v) is 4.04. The maximum atomic E-state index is 13.1. The molecule has 33 heavy (non-hydrogen) atoms. The summed E-state index contributed by atoms with van der Waals surface area (Å²) in [7, 11) is 0. The van der Waals surface area contributed by atoms with E-state index in [4.69, 9.17) is 9.15 Å². The van der Waals surface area contributed by atoms with Crippen LogP contribution in [0.15, 0.2) is 64.4 Å². The minimum Gasteiger partial charge on any atom is -0.444 e. The first-order valence-electron chi connectivity index (χ1n) is 10.5. The van der Waals surface area contributed by atoms with Gasteiger partial charge in [0, 0.05) is 29.3 Å². The average molecular weight is 469 g/mol. The summed E-state index contributed by atoms with van der Waals surface area (Å²) in [6.45, 7) is 5.41. The van der Waals surface area contributed by atoms with Crippen molar-refractivity contribution in [2.75, 3.05) is 0 Å². The second-order valence-electron chi connectivity index (χ2n) is 8.58. The first-order valence-corrected chi connectivity index (χ1v) is 11.5. The van der Waals surface area contributed by atoms with Crippen molar-refractivity contribution in [2.24, 2.45) is 0 Å². The van der Waals surface area contributed by atoms with Crippen LogP contribution in [0.25, 0.3) is 10.9 Å². The van der Waals surface area contributed by atoms with Gasteiger partial charge in [0.05, 0.1) is 0 Å². The lowest BCUT2D eigenvalue weighted by Crippen LogP contribution is -2.36. The number of alkyl carbamates (subject to hydrolysis) is 1. The van der Waals surface area contributed by atoms with Crippen molar-refractivity contribution >= 4 is 28.8 Å². The zero-order valence-corrected chi connectivity index (χ0v) is 19.4. The molecule has 0 radical (unpaired) electrons. The van der Waals surface area contributed by atoms with Crippen molar-refractivity contribution in [1.29, 1.82) is 0 Å². The first-order chi connectivity index (χ1) is 15.8. The molecule has 4 aromatic rings. The molecule has 1 amide bonds. The number of hydrogen-bond acceptors (Lipinski definition) is 6. The highest BCUT2D eigenvalue weighted by Gasteiger charge is 2.26. The van der Waals surface area contributed by atoms with Gasteiger partial charge in [0.25, 0.3) is 5.22 Å². The molecule has 0 bridgehead atoms. The summed E-state index contributed by atoms with van der Waals surface area (Å²) in [6.07, 6.45) is 1.79. The molecule has 0 spiro atoms. The van der Waals surface area contributed by atoms with Gasteiger partial charge in [0.1, 0.15) is 17.5 Å². The SMILES string of the molecule is CC(C)(C)OC(=O)N[C@H](Cc1c[nH]c2ccccc12)c1nnc(SCc2ccc(F)cc2)o1. The molecule has 0 saturated carbocycles. The van der Waals surface area contributed by atoms with E-state index in [1.54, 1.807) is 32.9 Å². The number of H-pyrrole nitrogens is 1. The summed E-state index contributed by atoms with van der Waals surface area (Å²) in [5.41, 5.74) is 2.30. The number of para-hydroxylation sites is 1. The Hall–Kier alpha value is -3.33. The van der Waals surface area contributed by atoms with Gasteiger partial charge >= 0.3 is 6.09 Å². The Morgan fingerprint density at radius 3 is 2.70 bits per heavy atom. The molecule has 0 unspecified atom stereocenters. The number of fused-ring (bicyclic) bond motifs is 1. The molecule has 0 aliphatic rings. The first kappa shape index (κ1) is 22.8. The van der Waals surface area contributed by atoms with E-state index >= 15 is 0 Å². The quantitative estimate of drug-likeness (QED) is 0.334. The number of ether oxygens (including phenoxy) is 1. The van der Waals surface area contributed by atoms with Gasteiger partial charge in [-0.3, -0.25) is 0 Å². The van der Waals surface area contributed by atoms with E-state index in [9.17, 15) is 9.18 Å². The Kier molecular flexibility index (Phi) is 6.69. The van der Waals surface area contributed by atoms with Crippen LogP contribution in [0, 0.1) is 5.82 Å². The van der Waals surface area contributed by atoms with Gasteiger partial charge in [0.2, 0.25) is 5.89 Å². The predicted octanol–water partition coefficient (Wildman–Crippen LogP) is 5.79. The van der Waals surface area contributed by atoms with E-state index in [0.29, 0.717) is 17.4 Å². The second kappa shape index (κ2) is 9.66. The van der Waals surface area contributed by atoms with E-state index < -0.39 is 17.7 Å². The Bertz CT molecular complexity index is 1230. The van der Waals surface area contributed by atoms with Crippen LogP contribution in [-0.2, 0) is 16.9 Å². The molecule has 2 aromatic carbocycles. The maximum absolute atomic E-state index is 13.1. The van der Waals surface area contributed by atoms with Crippen molar-refractivity contribution in [2.45, 2.75) is 49.8 Å². The zero-order valence-electron chi connectivity index (χ0n) is 18.6. The van der Waals surface area contributed by atoms with Crippen molar-refractivity contribution in [3.63, 3.8) is 0 Å². The van der Waals surface area contributed by atoms with Gasteiger partial charge in [-0.25, -0.2) is 9.18 Å². The molecule has 0 aliphatic carbocycles. The smallest absolute Gasteiger partial charge is 0.408 e. The van der Waals surface area contributed by atoms with Crippen LogP contribution in [0.3, 0.4) is 0 Å². The van der Waals surface area contributed by atoms with Gasteiger partial charge in [-0.15, -0.1) is 10.2 Å². The number of aromatic amines is 1. The lowest BCUT2D eigenvalue weighted by Gasteiger charge is -2.22. The summed E-state index contributed by atoms with van der Waals surface area (Å²) in [5.74, 6) is 0.555. The number of aromatic nitrogens is 3. The maximum Gasteiger partial charge on any atom is 0.408 e. The van der Waals surface area contributed by atoms with Crippen LogP contribution in [0.4, 0.5) is 9.18 Å². The van der Waals surface area contributed by atoms with Gasteiger partial charge in [-0.05, 0) is 50.1 Å². The number of halogens is 1. The molecule has 0 fully saturated rings. The van der Waals surface area contributed by atoms with Crippen LogP contribution in [0.2, 0.25) is 0 Å². The van der Waals surface area contributed by atoms with Gasteiger partial charge in [-0.1, -0.05) is 42.1 Å². The van der Waals surface area contributed by atoms with E-state index in [0.717, 1.165) is 22.0 Å². The molecule has 2 heterocycles. The fourth-order valence-electron chi connectivity index (χ4n) is 3.32. The fraction of sp³-hybridized carbons (Fsp3) is 0.292. The van der Waals surface area contributed by atoms with E-state index in [1.165, 1.54) is 23.9 Å². The molecule has 4 rings (SSSR count). The second-order valence-corrected chi connectivity index (χ2v) is 9.51. The zero-order chi connectivity index (χ0) is 23.4. The van der Waals surface area contributed by atoms with E-state index in [-0.39, 0.29) is 11.7 Å². The van der Waals surface area contributed by atoms with Gasteiger partial charge in [-0.2, -0.15) is 0 Å². The van der Waals surface area contributed by atoms with Crippen LogP contribution in [0.1, 0.15) is 43.8 Å². The lowest BCUT2D eigenvalue weighted by atomic mass is 10.1. The number of hydrogen-bond donors (Lipinski definition) is 2. The number of carbonyl (C=O) groups excluding carboxylic acids is 1. The number of nitrogens with one attached hydrogen (secondary N) is 2. The Balaban J connectivity index is 1.52. The summed E-state index contributed by atoms with van der Waals surface area (Å²) < 4.78 is 24.4. The third-order valence-electron chi connectivity index (χ3n) is 4.79. The van der Waals surface area contributed by atoms with Crippen molar-refractivity contribution in [3.8, 4) is 0 Å². The monoisotopic (exact) mass is 468 g/mol. The Morgan fingerprint density at radius 2 is 1.94 bits per heavy atom. The minimum absolute atomic E-state index is 0.280. The largest absolute Gasteiger partial charge is 0.444 e. The molecular formula is C24H25FN4O3S. The molecular weight excluding hydrogens is 443 g/mol.